The third-order valence-corrected chi connectivity index (χ3v) is 7.45. The fourth-order valence-electron chi connectivity index (χ4n) is 3.98. The van der Waals surface area contributed by atoms with Crippen molar-refractivity contribution in [2.45, 2.75) is 37.8 Å². The van der Waals surface area contributed by atoms with Crippen LogP contribution in [-0.4, -0.2) is 37.0 Å². The Balaban J connectivity index is 1.88. The number of nitrogens with zero attached hydrogens (tertiary/aromatic N) is 3. The molecule has 0 radical (unpaired) electrons. The van der Waals surface area contributed by atoms with Gasteiger partial charge < -0.3 is 9.64 Å². The fraction of sp³-hybridized carbons (Fsp3) is 0.296. The number of allylic oxidation sites excluding steroid dienone is 1. The predicted molar refractivity (Wildman–Crippen MR) is 144 cm³/mol. The molecule has 1 atom stereocenters. The van der Waals surface area contributed by atoms with Crippen LogP contribution in [0.2, 0.25) is 0 Å². The first kappa shape index (κ1) is 25.0. The molecule has 0 spiro atoms. The van der Waals surface area contributed by atoms with Gasteiger partial charge in [0.2, 0.25) is 0 Å². The zero-order chi connectivity index (χ0) is 25.3. The van der Waals surface area contributed by atoms with Crippen LogP contribution >= 0.6 is 23.1 Å². The number of rotatable bonds is 6. The zero-order valence-corrected chi connectivity index (χ0v) is 22.4. The van der Waals surface area contributed by atoms with Gasteiger partial charge in [0, 0.05) is 24.7 Å². The fourth-order valence-corrected chi connectivity index (χ4v) is 5.44. The highest BCUT2D eigenvalue weighted by atomic mass is 32.2. The first-order valence-corrected chi connectivity index (χ1v) is 13.4. The number of anilines is 1. The van der Waals surface area contributed by atoms with Crippen molar-refractivity contribution in [2.24, 2.45) is 4.99 Å². The second-order valence-electron chi connectivity index (χ2n) is 8.79. The van der Waals surface area contributed by atoms with E-state index in [1.807, 2.05) is 93.7 Å². The topological polar surface area (TPSA) is 63.9 Å². The highest BCUT2D eigenvalue weighted by Crippen LogP contribution is 2.32. The van der Waals surface area contributed by atoms with Crippen LogP contribution in [0.5, 0.6) is 0 Å². The van der Waals surface area contributed by atoms with Gasteiger partial charge in [-0.15, -0.1) is 11.8 Å². The largest absolute Gasteiger partial charge is 0.459 e. The van der Waals surface area contributed by atoms with Crippen LogP contribution in [0, 0.1) is 0 Å². The van der Waals surface area contributed by atoms with Crippen molar-refractivity contribution in [3.8, 4) is 0 Å². The van der Waals surface area contributed by atoms with Crippen LogP contribution < -0.4 is 19.8 Å². The molecule has 6 nitrogen and oxygen atoms in total. The molecule has 1 unspecified atom stereocenters. The van der Waals surface area contributed by atoms with Gasteiger partial charge in [0.15, 0.2) is 4.80 Å². The van der Waals surface area contributed by atoms with Crippen molar-refractivity contribution in [1.29, 1.82) is 0 Å². The monoisotopic (exact) mass is 507 g/mol. The van der Waals surface area contributed by atoms with Crippen molar-refractivity contribution in [2.75, 3.05) is 25.3 Å². The Labute approximate surface area is 213 Å². The van der Waals surface area contributed by atoms with Crippen LogP contribution in [0.25, 0.3) is 6.08 Å². The number of thiazole rings is 1. The summed E-state index contributed by atoms with van der Waals surface area (Å²) in [6.45, 7) is 5.43. The lowest BCUT2D eigenvalue weighted by Crippen LogP contribution is -2.40. The molecule has 0 bridgehead atoms. The summed E-state index contributed by atoms with van der Waals surface area (Å²) in [5.41, 5.74) is 3.64. The maximum Gasteiger partial charge on any atom is 0.338 e. The zero-order valence-electron chi connectivity index (χ0n) is 20.7. The Morgan fingerprint density at radius 3 is 2.37 bits per heavy atom. The first-order chi connectivity index (χ1) is 16.7. The third kappa shape index (κ3) is 5.13. The standard InChI is InChI=1S/C27H29N3O3S2/c1-16(2)33-26(32)23-17(3)28-27-30(24(23)19-9-13-21(34-6)14-10-19)25(31)22(35-27)15-18-7-11-20(12-8-18)29(4)5/h7-16,24H,1-6H3. The van der Waals surface area contributed by atoms with Crippen molar-refractivity contribution in [1.82, 2.24) is 4.57 Å². The molecule has 8 heteroatoms. The van der Waals surface area contributed by atoms with Gasteiger partial charge in [-0.3, -0.25) is 9.36 Å². The average molecular weight is 508 g/mol. The summed E-state index contributed by atoms with van der Waals surface area (Å²) < 4.78 is 7.76. The molecule has 1 aliphatic heterocycles. The van der Waals surface area contributed by atoms with Crippen LogP contribution in [0.1, 0.15) is 37.9 Å². The maximum atomic E-state index is 13.7. The molecule has 2 aromatic carbocycles. The van der Waals surface area contributed by atoms with Crippen molar-refractivity contribution in [3.05, 3.63) is 90.6 Å². The second-order valence-corrected chi connectivity index (χ2v) is 10.7. The van der Waals surface area contributed by atoms with E-state index in [9.17, 15) is 9.59 Å². The SMILES string of the molecule is CSc1ccc(C2C(C(=O)OC(C)C)=C(C)N=c3sc(=Cc4ccc(N(C)C)cc4)c(=O)n32)cc1. The molecule has 0 fully saturated rings. The lowest BCUT2D eigenvalue weighted by molar-refractivity contribution is -0.143. The Morgan fingerprint density at radius 2 is 1.80 bits per heavy atom. The summed E-state index contributed by atoms with van der Waals surface area (Å²) in [5.74, 6) is -0.450. The van der Waals surface area contributed by atoms with Gasteiger partial charge in [0.1, 0.15) is 0 Å². The summed E-state index contributed by atoms with van der Waals surface area (Å²) >= 11 is 2.97. The van der Waals surface area contributed by atoms with Crippen LogP contribution in [0.15, 0.2) is 74.5 Å². The van der Waals surface area contributed by atoms with E-state index in [0.717, 1.165) is 21.7 Å². The van der Waals surface area contributed by atoms with Crippen LogP contribution in [0.3, 0.4) is 0 Å². The molecular formula is C27H29N3O3S2. The molecular weight excluding hydrogens is 478 g/mol. The molecule has 1 aliphatic rings. The molecule has 182 valence electrons. The van der Waals surface area contributed by atoms with E-state index >= 15 is 0 Å². The Morgan fingerprint density at radius 1 is 1.14 bits per heavy atom. The molecule has 1 aromatic heterocycles. The van der Waals surface area contributed by atoms with Gasteiger partial charge in [-0.25, -0.2) is 9.79 Å². The van der Waals surface area contributed by atoms with Gasteiger partial charge in [-0.1, -0.05) is 35.6 Å². The summed E-state index contributed by atoms with van der Waals surface area (Å²) in [7, 11) is 3.98. The average Bonchev–Trinajstić information content (AvgIpc) is 3.12. The van der Waals surface area contributed by atoms with Gasteiger partial charge in [0.05, 0.1) is 27.9 Å². The van der Waals surface area contributed by atoms with E-state index in [-0.39, 0.29) is 11.7 Å². The van der Waals surface area contributed by atoms with Crippen molar-refractivity contribution in [3.63, 3.8) is 0 Å². The first-order valence-electron chi connectivity index (χ1n) is 11.3. The molecule has 4 rings (SSSR count). The number of ether oxygens (including phenoxy) is 1. The second kappa shape index (κ2) is 10.3. The van der Waals surface area contributed by atoms with Crippen LogP contribution in [0.4, 0.5) is 5.69 Å². The molecule has 0 saturated carbocycles. The third-order valence-electron chi connectivity index (χ3n) is 5.72. The van der Waals surface area contributed by atoms with E-state index in [1.54, 1.807) is 23.3 Å². The normalized spacial score (nSPS) is 15.7. The summed E-state index contributed by atoms with van der Waals surface area (Å²) in [6, 6.07) is 15.3. The quantitative estimate of drug-likeness (QED) is 0.373. The number of esters is 1. The number of thioether (sulfide) groups is 1. The number of benzene rings is 2. The summed E-state index contributed by atoms with van der Waals surface area (Å²) in [4.78, 5) is 35.2. The number of hydrogen-bond donors (Lipinski definition) is 0. The molecule has 3 aromatic rings. The highest BCUT2D eigenvalue weighted by molar-refractivity contribution is 7.98. The smallest absolute Gasteiger partial charge is 0.338 e. The van der Waals surface area contributed by atoms with Crippen molar-refractivity contribution < 1.29 is 9.53 Å². The number of carbonyl (C=O) groups excluding carboxylic acids is 1. The number of fused-ring (bicyclic) bond motifs is 1. The Hall–Kier alpha value is -3.10. The Kier molecular flexibility index (Phi) is 7.33. The number of hydrogen-bond acceptors (Lipinski definition) is 7. The van der Waals surface area contributed by atoms with Gasteiger partial charge in [-0.05, 0) is 68.5 Å². The summed E-state index contributed by atoms with van der Waals surface area (Å²) in [5, 5.41) is 0. The molecule has 0 amide bonds. The molecule has 0 aliphatic carbocycles. The number of carbonyl (C=O) groups is 1. The van der Waals surface area contributed by atoms with E-state index in [1.165, 1.54) is 11.3 Å². The molecule has 35 heavy (non-hydrogen) atoms. The van der Waals surface area contributed by atoms with Gasteiger partial charge in [-0.2, -0.15) is 0 Å². The Bertz CT molecular complexity index is 1450. The summed E-state index contributed by atoms with van der Waals surface area (Å²) in [6.07, 6.45) is 3.61. The minimum Gasteiger partial charge on any atom is -0.459 e. The molecule has 0 saturated heterocycles. The van der Waals surface area contributed by atoms with Gasteiger partial charge in [0.25, 0.3) is 5.56 Å². The highest BCUT2D eigenvalue weighted by Gasteiger charge is 2.33. The van der Waals surface area contributed by atoms with E-state index < -0.39 is 12.0 Å². The predicted octanol–water partition coefficient (Wildman–Crippen LogP) is 3.97. The lowest BCUT2D eigenvalue weighted by atomic mass is 9.96. The molecule has 0 N–H and O–H groups in total. The van der Waals surface area contributed by atoms with E-state index in [4.69, 9.17) is 4.74 Å². The van der Waals surface area contributed by atoms with Crippen LogP contribution in [-0.2, 0) is 9.53 Å². The maximum absolute atomic E-state index is 13.7. The van der Waals surface area contributed by atoms with Crippen molar-refractivity contribution >= 4 is 40.8 Å². The van der Waals surface area contributed by atoms with E-state index in [2.05, 4.69) is 4.99 Å². The lowest BCUT2D eigenvalue weighted by Gasteiger charge is -2.25. The molecule has 2 heterocycles. The van der Waals surface area contributed by atoms with Gasteiger partial charge >= 0.3 is 5.97 Å². The number of aromatic nitrogens is 1. The van der Waals surface area contributed by atoms with E-state index in [0.29, 0.717) is 20.6 Å². The minimum absolute atomic E-state index is 0.174. The minimum atomic E-state index is -0.605.